The highest BCUT2D eigenvalue weighted by atomic mass is 32.2. The molecule has 4 atom stereocenters. The van der Waals surface area contributed by atoms with E-state index in [1.54, 1.807) is 0 Å². The van der Waals surface area contributed by atoms with Gasteiger partial charge in [0.15, 0.2) is 0 Å². The molecular weight excluding hydrogens is 222 g/mol. The van der Waals surface area contributed by atoms with E-state index in [0.717, 1.165) is 25.2 Å². The van der Waals surface area contributed by atoms with E-state index in [-0.39, 0.29) is 0 Å². The molecule has 3 fully saturated rings. The van der Waals surface area contributed by atoms with Crippen molar-refractivity contribution >= 4 is 10.0 Å². The average Bonchev–Trinajstić information content (AvgIpc) is 2.55. The van der Waals surface area contributed by atoms with Gasteiger partial charge in [0.1, 0.15) is 0 Å². The number of hydrogen-bond acceptors (Lipinski definition) is 2. The van der Waals surface area contributed by atoms with Gasteiger partial charge in [0.05, 0.1) is 6.26 Å². The molecule has 0 spiro atoms. The lowest BCUT2D eigenvalue weighted by Crippen LogP contribution is -2.51. The van der Waals surface area contributed by atoms with Crippen LogP contribution in [0.15, 0.2) is 0 Å². The van der Waals surface area contributed by atoms with Crippen molar-refractivity contribution in [3.05, 3.63) is 0 Å². The SMILES string of the molecule is CS(=O)(=O)N1C2CCC1C1CCCCC1C2. The van der Waals surface area contributed by atoms with Crippen LogP contribution in [0.3, 0.4) is 0 Å². The Labute approximate surface area is 98.3 Å². The first-order chi connectivity index (χ1) is 7.57. The predicted molar refractivity (Wildman–Crippen MR) is 63.6 cm³/mol. The second-order valence-corrected chi connectivity index (χ2v) is 7.72. The third-order valence-electron chi connectivity index (χ3n) is 4.90. The maximum absolute atomic E-state index is 11.8. The summed E-state index contributed by atoms with van der Waals surface area (Å²) in [7, 11) is -2.98. The van der Waals surface area contributed by atoms with Gasteiger partial charge >= 0.3 is 0 Å². The summed E-state index contributed by atoms with van der Waals surface area (Å²) in [6.45, 7) is 0. The summed E-state index contributed by atoms with van der Waals surface area (Å²) in [4.78, 5) is 0. The van der Waals surface area contributed by atoms with Crippen LogP contribution in [0.5, 0.6) is 0 Å². The Morgan fingerprint density at radius 2 is 1.81 bits per heavy atom. The quantitative estimate of drug-likeness (QED) is 0.706. The number of nitrogens with zero attached hydrogens (tertiary/aromatic N) is 1. The van der Waals surface area contributed by atoms with Gasteiger partial charge < -0.3 is 0 Å². The molecule has 3 aliphatic rings. The normalized spacial score (nSPS) is 44.3. The monoisotopic (exact) mass is 243 g/mol. The molecule has 0 radical (unpaired) electrons. The van der Waals surface area contributed by atoms with Gasteiger partial charge in [-0.1, -0.05) is 19.3 Å². The lowest BCUT2D eigenvalue weighted by atomic mass is 9.72. The molecule has 16 heavy (non-hydrogen) atoms. The zero-order chi connectivity index (χ0) is 11.3. The molecule has 0 N–H and O–H groups in total. The first-order valence-electron chi connectivity index (χ1n) is 6.56. The molecule has 0 aromatic rings. The van der Waals surface area contributed by atoms with E-state index in [9.17, 15) is 8.42 Å². The van der Waals surface area contributed by atoms with Crippen LogP contribution in [0, 0.1) is 11.8 Å². The molecule has 0 aromatic heterocycles. The van der Waals surface area contributed by atoms with Crippen molar-refractivity contribution in [2.45, 2.75) is 57.0 Å². The molecule has 0 amide bonds. The minimum atomic E-state index is -2.98. The number of rotatable bonds is 1. The van der Waals surface area contributed by atoms with E-state index in [0.29, 0.717) is 18.0 Å². The molecule has 4 unspecified atom stereocenters. The lowest BCUT2D eigenvalue weighted by molar-refractivity contribution is 0.0776. The Kier molecular flexibility index (Phi) is 2.55. The molecule has 92 valence electrons. The maximum Gasteiger partial charge on any atom is 0.211 e. The van der Waals surface area contributed by atoms with Crippen molar-refractivity contribution in [1.29, 1.82) is 0 Å². The van der Waals surface area contributed by atoms with Gasteiger partial charge in [-0.05, 0) is 37.5 Å². The second kappa shape index (κ2) is 3.70. The topological polar surface area (TPSA) is 37.4 Å². The van der Waals surface area contributed by atoms with E-state index in [1.807, 2.05) is 4.31 Å². The Morgan fingerprint density at radius 1 is 1.06 bits per heavy atom. The first-order valence-corrected chi connectivity index (χ1v) is 8.41. The Balaban J connectivity index is 1.91. The van der Waals surface area contributed by atoms with Crippen molar-refractivity contribution in [1.82, 2.24) is 4.31 Å². The number of fused-ring (bicyclic) bond motifs is 4. The highest BCUT2D eigenvalue weighted by molar-refractivity contribution is 7.88. The zero-order valence-electron chi connectivity index (χ0n) is 9.93. The van der Waals surface area contributed by atoms with Crippen LogP contribution in [0.4, 0.5) is 0 Å². The molecule has 0 aromatic carbocycles. The average molecular weight is 243 g/mol. The van der Waals surface area contributed by atoms with Gasteiger partial charge in [-0.3, -0.25) is 0 Å². The van der Waals surface area contributed by atoms with E-state index < -0.39 is 10.0 Å². The highest BCUT2D eigenvalue weighted by Crippen LogP contribution is 2.49. The number of hydrogen-bond donors (Lipinski definition) is 0. The summed E-state index contributed by atoms with van der Waals surface area (Å²) in [6.07, 6.45) is 10.0. The van der Waals surface area contributed by atoms with Crippen molar-refractivity contribution in [3.8, 4) is 0 Å². The van der Waals surface area contributed by atoms with Gasteiger partial charge in [0, 0.05) is 12.1 Å². The molecule has 3 rings (SSSR count). The van der Waals surface area contributed by atoms with Gasteiger partial charge in [-0.25, -0.2) is 8.42 Å². The van der Waals surface area contributed by atoms with Crippen molar-refractivity contribution in [2.75, 3.05) is 6.26 Å². The van der Waals surface area contributed by atoms with Crippen LogP contribution in [0.2, 0.25) is 0 Å². The molecule has 3 nitrogen and oxygen atoms in total. The van der Waals surface area contributed by atoms with E-state index in [2.05, 4.69) is 0 Å². The van der Waals surface area contributed by atoms with Crippen molar-refractivity contribution in [3.63, 3.8) is 0 Å². The van der Waals surface area contributed by atoms with Gasteiger partial charge in [0.25, 0.3) is 0 Å². The molecular formula is C12H21NO2S. The Hall–Kier alpha value is -0.0900. The third kappa shape index (κ3) is 1.61. The summed E-state index contributed by atoms with van der Waals surface area (Å²) in [6, 6.07) is 0.679. The first kappa shape index (κ1) is 11.0. The van der Waals surface area contributed by atoms with Crippen LogP contribution >= 0.6 is 0 Å². The molecule has 2 bridgehead atoms. The smallest absolute Gasteiger partial charge is 0.211 e. The lowest BCUT2D eigenvalue weighted by Gasteiger charge is -2.45. The van der Waals surface area contributed by atoms with E-state index in [1.165, 1.54) is 31.9 Å². The standard InChI is InChI=1S/C12H21NO2S/c1-16(14,15)13-10-6-7-12(13)11-5-3-2-4-9(11)8-10/h9-12H,2-8H2,1H3. The zero-order valence-corrected chi connectivity index (χ0v) is 10.7. The maximum atomic E-state index is 11.8. The van der Waals surface area contributed by atoms with Crippen molar-refractivity contribution < 1.29 is 8.42 Å². The summed E-state index contributed by atoms with van der Waals surface area (Å²) in [5.74, 6) is 1.49. The van der Waals surface area contributed by atoms with Gasteiger partial charge in [0.2, 0.25) is 10.0 Å². The number of sulfonamides is 1. The highest BCUT2D eigenvalue weighted by Gasteiger charge is 2.50. The Morgan fingerprint density at radius 3 is 2.56 bits per heavy atom. The molecule has 4 heteroatoms. The number of piperidine rings is 1. The summed E-state index contributed by atoms with van der Waals surface area (Å²) < 4.78 is 25.6. The molecule has 1 aliphatic carbocycles. The minimum absolute atomic E-state index is 0.333. The third-order valence-corrected chi connectivity index (χ3v) is 6.24. The fraction of sp³-hybridized carbons (Fsp3) is 1.00. The summed E-state index contributed by atoms with van der Waals surface area (Å²) >= 11 is 0. The summed E-state index contributed by atoms with van der Waals surface area (Å²) in [5, 5.41) is 0. The van der Waals surface area contributed by atoms with E-state index in [4.69, 9.17) is 0 Å². The van der Waals surface area contributed by atoms with Crippen LogP contribution in [0.1, 0.15) is 44.9 Å². The molecule has 2 heterocycles. The molecule has 2 aliphatic heterocycles. The van der Waals surface area contributed by atoms with Gasteiger partial charge in [-0.15, -0.1) is 0 Å². The van der Waals surface area contributed by atoms with Gasteiger partial charge in [-0.2, -0.15) is 4.31 Å². The van der Waals surface area contributed by atoms with Crippen LogP contribution in [-0.2, 0) is 10.0 Å². The summed E-state index contributed by atoms with van der Waals surface area (Å²) in [5.41, 5.74) is 0. The minimum Gasteiger partial charge on any atom is -0.212 e. The van der Waals surface area contributed by atoms with Crippen molar-refractivity contribution in [2.24, 2.45) is 11.8 Å². The molecule has 1 saturated carbocycles. The van der Waals surface area contributed by atoms with E-state index >= 15 is 0 Å². The predicted octanol–water partition coefficient (Wildman–Crippen LogP) is 1.99. The Bertz CT molecular complexity index is 378. The fourth-order valence-corrected chi connectivity index (χ4v) is 5.90. The second-order valence-electron chi connectivity index (χ2n) is 5.84. The largest absolute Gasteiger partial charge is 0.212 e. The van der Waals surface area contributed by atoms with Crippen LogP contribution in [0.25, 0.3) is 0 Å². The molecule has 2 saturated heterocycles. The van der Waals surface area contributed by atoms with Crippen LogP contribution < -0.4 is 0 Å². The van der Waals surface area contributed by atoms with Crippen LogP contribution in [-0.4, -0.2) is 31.1 Å². The fourth-order valence-electron chi connectivity index (χ4n) is 4.41.